The van der Waals surface area contributed by atoms with E-state index in [9.17, 15) is 5.11 Å². The lowest BCUT2D eigenvalue weighted by Gasteiger charge is -2.32. The molecule has 3 aliphatic carbocycles. The molecule has 78 valence electrons. The minimum absolute atomic E-state index is 0.169. The van der Waals surface area contributed by atoms with E-state index in [2.05, 4.69) is 13.0 Å². The van der Waals surface area contributed by atoms with Crippen LogP contribution >= 0.6 is 0 Å². The first kappa shape index (κ1) is 8.93. The summed E-state index contributed by atoms with van der Waals surface area (Å²) >= 11 is 0. The van der Waals surface area contributed by atoms with E-state index >= 15 is 0 Å². The molecule has 0 amide bonds. The molecule has 0 aliphatic heterocycles. The average molecular weight is 194 g/mol. The van der Waals surface area contributed by atoms with Crippen LogP contribution in [0.25, 0.3) is 0 Å². The van der Waals surface area contributed by atoms with E-state index < -0.39 is 0 Å². The van der Waals surface area contributed by atoms with E-state index in [-0.39, 0.29) is 6.10 Å². The predicted molar refractivity (Wildman–Crippen MR) is 53.8 cm³/mol. The van der Waals surface area contributed by atoms with Crippen LogP contribution in [0.1, 0.15) is 19.8 Å². The molecule has 0 aromatic carbocycles. The molecular formula is C12H18O2. The molecule has 1 N–H and O–H groups in total. The molecule has 6 atom stereocenters. The first-order chi connectivity index (χ1) is 6.81. The molecule has 0 aromatic heterocycles. The molecule has 14 heavy (non-hydrogen) atoms. The highest BCUT2D eigenvalue weighted by Crippen LogP contribution is 2.57. The quantitative estimate of drug-likeness (QED) is 0.676. The number of aliphatic hydroxyl groups is 1. The Bertz CT molecular complexity index is 261. The van der Waals surface area contributed by atoms with Crippen LogP contribution in [-0.4, -0.2) is 23.9 Å². The SMILES string of the molecule is CCO[C@H]1C[C@H]2C[C@@H]1[C@@H]1C=C[C@@H](O)[C@H]21. The molecule has 0 aromatic rings. The lowest BCUT2D eigenvalue weighted by Crippen LogP contribution is -2.34. The zero-order chi connectivity index (χ0) is 9.71. The summed E-state index contributed by atoms with van der Waals surface area (Å²) in [4.78, 5) is 0. The minimum atomic E-state index is -0.169. The summed E-state index contributed by atoms with van der Waals surface area (Å²) in [5, 5.41) is 9.81. The standard InChI is InChI=1S/C12H18O2/c1-2-14-11-6-7-5-9(11)8-3-4-10(13)12(7)8/h3-4,7-13H,2,5-6H2,1H3/t7-,8+,9-,10-,11+,12-/m1/s1. The summed E-state index contributed by atoms with van der Waals surface area (Å²) in [6.45, 7) is 2.90. The minimum Gasteiger partial charge on any atom is -0.389 e. The van der Waals surface area contributed by atoms with Gasteiger partial charge in [0.1, 0.15) is 0 Å². The topological polar surface area (TPSA) is 29.5 Å². The van der Waals surface area contributed by atoms with Crippen molar-refractivity contribution < 1.29 is 9.84 Å². The summed E-state index contributed by atoms with van der Waals surface area (Å²) < 4.78 is 5.76. The van der Waals surface area contributed by atoms with Gasteiger partial charge in [0.15, 0.2) is 0 Å². The summed E-state index contributed by atoms with van der Waals surface area (Å²) in [7, 11) is 0. The molecule has 2 nitrogen and oxygen atoms in total. The molecule has 3 aliphatic rings. The Balaban J connectivity index is 1.78. The van der Waals surface area contributed by atoms with Crippen molar-refractivity contribution >= 4 is 0 Å². The normalized spacial score (nSPS) is 54.1. The maximum Gasteiger partial charge on any atom is 0.0757 e. The Kier molecular flexibility index (Phi) is 1.96. The molecule has 0 saturated heterocycles. The van der Waals surface area contributed by atoms with E-state index in [0.29, 0.717) is 29.8 Å². The molecule has 2 bridgehead atoms. The highest BCUT2D eigenvalue weighted by atomic mass is 16.5. The highest BCUT2D eigenvalue weighted by Gasteiger charge is 2.55. The van der Waals surface area contributed by atoms with Gasteiger partial charge in [-0.25, -0.2) is 0 Å². The van der Waals surface area contributed by atoms with Crippen molar-refractivity contribution in [2.45, 2.75) is 32.0 Å². The zero-order valence-corrected chi connectivity index (χ0v) is 8.60. The van der Waals surface area contributed by atoms with E-state index in [0.717, 1.165) is 6.61 Å². The zero-order valence-electron chi connectivity index (χ0n) is 8.60. The Labute approximate surface area is 85.0 Å². The average Bonchev–Trinajstić information content (AvgIpc) is 2.78. The predicted octanol–water partition coefficient (Wildman–Crippen LogP) is 1.59. The third kappa shape index (κ3) is 1.04. The Hall–Kier alpha value is -0.340. The van der Waals surface area contributed by atoms with E-state index in [1.54, 1.807) is 0 Å². The van der Waals surface area contributed by atoms with Crippen molar-refractivity contribution in [1.82, 2.24) is 0 Å². The second-order valence-electron chi connectivity index (χ2n) is 4.92. The lowest BCUT2D eigenvalue weighted by atomic mass is 9.79. The van der Waals surface area contributed by atoms with E-state index in [1.165, 1.54) is 12.8 Å². The number of hydrogen-bond acceptors (Lipinski definition) is 2. The third-order valence-electron chi connectivity index (χ3n) is 4.38. The van der Waals surface area contributed by atoms with Gasteiger partial charge in [-0.1, -0.05) is 12.2 Å². The Morgan fingerprint density at radius 3 is 3.00 bits per heavy atom. The third-order valence-corrected chi connectivity index (χ3v) is 4.38. The fourth-order valence-corrected chi connectivity index (χ4v) is 3.94. The van der Waals surface area contributed by atoms with Gasteiger partial charge in [0, 0.05) is 6.61 Å². The van der Waals surface area contributed by atoms with Gasteiger partial charge >= 0.3 is 0 Å². The van der Waals surface area contributed by atoms with Crippen LogP contribution < -0.4 is 0 Å². The first-order valence-corrected chi connectivity index (χ1v) is 5.79. The van der Waals surface area contributed by atoms with Crippen LogP contribution in [0.5, 0.6) is 0 Å². The molecule has 2 fully saturated rings. The second kappa shape index (κ2) is 3.07. The van der Waals surface area contributed by atoms with Gasteiger partial charge in [0.05, 0.1) is 12.2 Å². The van der Waals surface area contributed by atoms with Gasteiger partial charge in [0.2, 0.25) is 0 Å². The number of allylic oxidation sites excluding steroid dienone is 1. The molecule has 0 radical (unpaired) electrons. The van der Waals surface area contributed by atoms with Crippen molar-refractivity contribution in [3.8, 4) is 0 Å². The number of fused-ring (bicyclic) bond motifs is 5. The van der Waals surface area contributed by atoms with Crippen molar-refractivity contribution in [2.75, 3.05) is 6.61 Å². The largest absolute Gasteiger partial charge is 0.389 e. The number of hydrogen-bond donors (Lipinski definition) is 1. The number of aliphatic hydroxyl groups excluding tert-OH is 1. The fraction of sp³-hybridized carbons (Fsp3) is 0.833. The van der Waals surface area contributed by atoms with E-state index in [4.69, 9.17) is 4.74 Å². The van der Waals surface area contributed by atoms with Gasteiger partial charge in [-0.3, -0.25) is 0 Å². The molecule has 0 heterocycles. The van der Waals surface area contributed by atoms with Crippen molar-refractivity contribution in [3.63, 3.8) is 0 Å². The van der Waals surface area contributed by atoms with Crippen LogP contribution in [-0.2, 0) is 4.74 Å². The van der Waals surface area contributed by atoms with Gasteiger partial charge in [-0.2, -0.15) is 0 Å². The lowest BCUT2D eigenvalue weighted by molar-refractivity contribution is -0.0122. The Morgan fingerprint density at radius 2 is 2.21 bits per heavy atom. The maximum absolute atomic E-state index is 9.81. The highest BCUT2D eigenvalue weighted by molar-refractivity contribution is 5.18. The monoisotopic (exact) mass is 194 g/mol. The Morgan fingerprint density at radius 1 is 1.36 bits per heavy atom. The van der Waals surface area contributed by atoms with Crippen LogP contribution in [0.2, 0.25) is 0 Å². The van der Waals surface area contributed by atoms with Crippen molar-refractivity contribution in [2.24, 2.45) is 23.7 Å². The maximum atomic E-state index is 9.81. The number of rotatable bonds is 2. The smallest absolute Gasteiger partial charge is 0.0757 e. The molecule has 0 unspecified atom stereocenters. The summed E-state index contributed by atoms with van der Waals surface area (Å²) in [6.07, 6.45) is 6.98. The van der Waals surface area contributed by atoms with Gasteiger partial charge < -0.3 is 9.84 Å². The van der Waals surface area contributed by atoms with Crippen molar-refractivity contribution in [3.05, 3.63) is 12.2 Å². The first-order valence-electron chi connectivity index (χ1n) is 5.79. The van der Waals surface area contributed by atoms with Crippen LogP contribution in [0.15, 0.2) is 12.2 Å². The number of ether oxygens (including phenoxy) is 1. The van der Waals surface area contributed by atoms with Gasteiger partial charge in [0.25, 0.3) is 0 Å². The van der Waals surface area contributed by atoms with Crippen LogP contribution in [0, 0.1) is 23.7 Å². The molecule has 0 spiro atoms. The molecule has 2 heteroatoms. The fourth-order valence-electron chi connectivity index (χ4n) is 3.94. The van der Waals surface area contributed by atoms with E-state index in [1.807, 2.05) is 6.08 Å². The summed E-state index contributed by atoms with van der Waals surface area (Å²) in [5.41, 5.74) is 0. The molecule has 3 rings (SSSR count). The van der Waals surface area contributed by atoms with Gasteiger partial charge in [-0.05, 0) is 43.4 Å². The van der Waals surface area contributed by atoms with Gasteiger partial charge in [-0.15, -0.1) is 0 Å². The van der Waals surface area contributed by atoms with Crippen molar-refractivity contribution in [1.29, 1.82) is 0 Å². The summed E-state index contributed by atoms with van der Waals surface area (Å²) in [5.74, 6) is 2.54. The van der Waals surface area contributed by atoms with Crippen LogP contribution in [0.4, 0.5) is 0 Å². The summed E-state index contributed by atoms with van der Waals surface area (Å²) in [6, 6.07) is 0. The molecule has 2 saturated carbocycles. The van der Waals surface area contributed by atoms with Crippen LogP contribution in [0.3, 0.4) is 0 Å². The molecular weight excluding hydrogens is 176 g/mol. The second-order valence-corrected chi connectivity index (χ2v) is 4.92.